The first-order valence-corrected chi connectivity index (χ1v) is 5.07. The lowest BCUT2D eigenvalue weighted by Gasteiger charge is -2.36. The van der Waals surface area contributed by atoms with Crippen molar-refractivity contribution in [1.29, 1.82) is 0 Å². The average Bonchev–Trinajstić information content (AvgIpc) is 2.07. The standard InChI is InChI=1S/C12H16O/c1-9-7-10-5-3-4-6-12(10,2)11(13)8-9/h7-8H,3-6H2,1-2H3. The number of rotatable bonds is 0. The first kappa shape index (κ1) is 8.74. The van der Waals surface area contributed by atoms with E-state index in [-0.39, 0.29) is 5.41 Å². The summed E-state index contributed by atoms with van der Waals surface area (Å²) in [7, 11) is 0. The fourth-order valence-corrected chi connectivity index (χ4v) is 2.43. The van der Waals surface area contributed by atoms with Gasteiger partial charge in [-0.3, -0.25) is 4.79 Å². The van der Waals surface area contributed by atoms with Gasteiger partial charge in [-0.15, -0.1) is 0 Å². The monoisotopic (exact) mass is 176 g/mol. The minimum absolute atomic E-state index is 0.141. The smallest absolute Gasteiger partial charge is 0.165 e. The molecule has 70 valence electrons. The highest BCUT2D eigenvalue weighted by Crippen LogP contribution is 2.44. The maximum atomic E-state index is 11.8. The van der Waals surface area contributed by atoms with E-state index < -0.39 is 0 Å². The van der Waals surface area contributed by atoms with Crippen molar-refractivity contribution < 1.29 is 4.79 Å². The second kappa shape index (κ2) is 2.83. The largest absolute Gasteiger partial charge is 0.294 e. The van der Waals surface area contributed by atoms with Gasteiger partial charge in [-0.1, -0.05) is 18.1 Å². The Bertz CT molecular complexity index is 309. The molecule has 2 rings (SSSR count). The van der Waals surface area contributed by atoms with Crippen LogP contribution in [0.15, 0.2) is 23.3 Å². The Morgan fingerprint density at radius 1 is 1.31 bits per heavy atom. The van der Waals surface area contributed by atoms with Gasteiger partial charge in [-0.25, -0.2) is 0 Å². The number of carbonyl (C=O) groups excluding carboxylic acids is 1. The first-order chi connectivity index (χ1) is 6.13. The SMILES string of the molecule is CC1=CC(=O)C2(C)CCCCC2=C1. The fourth-order valence-electron chi connectivity index (χ4n) is 2.43. The molecule has 2 aliphatic carbocycles. The van der Waals surface area contributed by atoms with E-state index in [4.69, 9.17) is 0 Å². The molecule has 0 bridgehead atoms. The number of hydrogen-bond acceptors (Lipinski definition) is 1. The van der Waals surface area contributed by atoms with Crippen LogP contribution in [-0.2, 0) is 4.79 Å². The van der Waals surface area contributed by atoms with Gasteiger partial charge in [0.15, 0.2) is 5.78 Å². The summed E-state index contributed by atoms with van der Waals surface area (Å²) >= 11 is 0. The number of allylic oxidation sites excluding steroid dienone is 4. The van der Waals surface area contributed by atoms with E-state index in [2.05, 4.69) is 13.0 Å². The molecule has 0 aliphatic heterocycles. The van der Waals surface area contributed by atoms with Crippen LogP contribution in [-0.4, -0.2) is 5.78 Å². The molecule has 0 spiro atoms. The molecule has 0 N–H and O–H groups in total. The number of carbonyl (C=O) groups is 1. The van der Waals surface area contributed by atoms with Gasteiger partial charge in [-0.05, 0) is 44.8 Å². The third-order valence-electron chi connectivity index (χ3n) is 3.39. The van der Waals surface area contributed by atoms with E-state index in [0.717, 1.165) is 18.4 Å². The minimum Gasteiger partial charge on any atom is -0.294 e. The molecule has 1 fully saturated rings. The molecule has 1 heteroatoms. The Balaban J connectivity index is 2.42. The molecule has 13 heavy (non-hydrogen) atoms. The van der Waals surface area contributed by atoms with Crippen molar-refractivity contribution in [2.75, 3.05) is 0 Å². The van der Waals surface area contributed by atoms with Crippen LogP contribution >= 0.6 is 0 Å². The van der Waals surface area contributed by atoms with Crippen molar-refractivity contribution >= 4 is 5.78 Å². The summed E-state index contributed by atoms with van der Waals surface area (Å²) in [6.07, 6.45) is 8.62. The third-order valence-corrected chi connectivity index (χ3v) is 3.39. The van der Waals surface area contributed by atoms with Gasteiger partial charge in [0, 0.05) is 0 Å². The highest BCUT2D eigenvalue weighted by Gasteiger charge is 2.38. The maximum Gasteiger partial charge on any atom is 0.165 e. The molecule has 0 aromatic rings. The number of hydrogen-bond donors (Lipinski definition) is 0. The molecule has 0 amide bonds. The summed E-state index contributed by atoms with van der Waals surface area (Å²) < 4.78 is 0. The summed E-state index contributed by atoms with van der Waals surface area (Å²) in [5.41, 5.74) is 2.35. The summed E-state index contributed by atoms with van der Waals surface area (Å²) in [6, 6.07) is 0. The molecule has 0 radical (unpaired) electrons. The van der Waals surface area contributed by atoms with Crippen LogP contribution in [0.2, 0.25) is 0 Å². The predicted molar refractivity (Wildman–Crippen MR) is 53.4 cm³/mol. The molecule has 1 saturated carbocycles. The topological polar surface area (TPSA) is 17.1 Å². The zero-order valence-corrected chi connectivity index (χ0v) is 8.39. The molecule has 1 atom stereocenters. The van der Waals surface area contributed by atoms with Crippen LogP contribution in [0.1, 0.15) is 39.5 Å². The molecular formula is C12H16O. The van der Waals surface area contributed by atoms with Gasteiger partial charge >= 0.3 is 0 Å². The van der Waals surface area contributed by atoms with E-state index in [1.807, 2.05) is 6.92 Å². The van der Waals surface area contributed by atoms with Gasteiger partial charge in [0.05, 0.1) is 5.41 Å². The predicted octanol–water partition coefficient (Wildman–Crippen LogP) is 3.02. The normalized spacial score (nSPS) is 33.5. The summed E-state index contributed by atoms with van der Waals surface area (Å²) in [4.78, 5) is 11.8. The lowest BCUT2D eigenvalue weighted by atomic mass is 9.66. The Kier molecular flexibility index (Phi) is 1.90. The molecule has 0 saturated heterocycles. The van der Waals surface area contributed by atoms with E-state index in [1.165, 1.54) is 18.4 Å². The maximum absolute atomic E-state index is 11.8. The Morgan fingerprint density at radius 3 is 2.85 bits per heavy atom. The third kappa shape index (κ3) is 1.27. The van der Waals surface area contributed by atoms with Crippen LogP contribution in [0.5, 0.6) is 0 Å². The second-order valence-electron chi connectivity index (χ2n) is 4.46. The van der Waals surface area contributed by atoms with Crippen LogP contribution in [0.4, 0.5) is 0 Å². The van der Waals surface area contributed by atoms with Crippen molar-refractivity contribution in [2.24, 2.45) is 5.41 Å². The van der Waals surface area contributed by atoms with Crippen LogP contribution in [0, 0.1) is 5.41 Å². The fraction of sp³-hybridized carbons (Fsp3) is 0.583. The van der Waals surface area contributed by atoms with Gasteiger partial charge in [0.2, 0.25) is 0 Å². The molecule has 0 aromatic carbocycles. The molecule has 0 aromatic heterocycles. The van der Waals surface area contributed by atoms with Crippen molar-refractivity contribution in [2.45, 2.75) is 39.5 Å². The van der Waals surface area contributed by atoms with Crippen molar-refractivity contribution in [1.82, 2.24) is 0 Å². The summed E-state index contributed by atoms with van der Waals surface area (Å²) in [6.45, 7) is 4.11. The van der Waals surface area contributed by atoms with Crippen LogP contribution in [0.25, 0.3) is 0 Å². The average molecular weight is 176 g/mol. The quantitative estimate of drug-likeness (QED) is 0.554. The highest BCUT2D eigenvalue weighted by atomic mass is 16.1. The van der Waals surface area contributed by atoms with E-state index in [0.29, 0.717) is 5.78 Å². The van der Waals surface area contributed by atoms with Crippen molar-refractivity contribution in [3.05, 3.63) is 23.3 Å². The molecule has 0 heterocycles. The lowest BCUT2D eigenvalue weighted by Crippen LogP contribution is -2.33. The molecule has 2 aliphatic rings. The highest BCUT2D eigenvalue weighted by molar-refractivity contribution is 5.99. The van der Waals surface area contributed by atoms with Gasteiger partial charge in [0.25, 0.3) is 0 Å². The first-order valence-electron chi connectivity index (χ1n) is 5.07. The molecule has 1 nitrogen and oxygen atoms in total. The Morgan fingerprint density at radius 2 is 2.08 bits per heavy atom. The van der Waals surface area contributed by atoms with Gasteiger partial charge in [-0.2, -0.15) is 0 Å². The summed E-state index contributed by atoms with van der Waals surface area (Å²) in [5, 5.41) is 0. The van der Waals surface area contributed by atoms with Gasteiger partial charge < -0.3 is 0 Å². The summed E-state index contributed by atoms with van der Waals surface area (Å²) in [5.74, 6) is 0.321. The molecular weight excluding hydrogens is 160 g/mol. The van der Waals surface area contributed by atoms with Crippen molar-refractivity contribution in [3.8, 4) is 0 Å². The Labute approximate surface area is 79.5 Å². The van der Waals surface area contributed by atoms with E-state index in [1.54, 1.807) is 6.08 Å². The van der Waals surface area contributed by atoms with E-state index >= 15 is 0 Å². The number of fused-ring (bicyclic) bond motifs is 1. The van der Waals surface area contributed by atoms with Crippen LogP contribution in [0.3, 0.4) is 0 Å². The second-order valence-corrected chi connectivity index (χ2v) is 4.46. The Hall–Kier alpha value is -0.850. The molecule has 1 unspecified atom stereocenters. The van der Waals surface area contributed by atoms with Crippen molar-refractivity contribution in [3.63, 3.8) is 0 Å². The lowest BCUT2D eigenvalue weighted by molar-refractivity contribution is -0.122. The van der Waals surface area contributed by atoms with Gasteiger partial charge in [0.1, 0.15) is 0 Å². The zero-order chi connectivity index (χ0) is 9.47. The van der Waals surface area contributed by atoms with Crippen LogP contribution < -0.4 is 0 Å². The van der Waals surface area contributed by atoms with E-state index in [9.17, 15) is 4.79 Å². The minimum atomic E-state index is -0.141. The zero-order valence-electron chi connectivity index (χ0n) is 8.39. The number of ketones is 1.